The fourth-order valence-corrected chi connectivity index (χ4v) is 2.74. The lowest BCUT2D eigenvalue weighted by Gasteiger charge is -2.12. The molecule has 2 amide bonds. The number of amides is 2. The monoisotopic (exact) mass is 324 g/mol. The van der Waals surface area contributed by atoms with Gasteiger partial charge in [0.25, 0.3) is 0 Å². The molecule has 0 saturated heterocycles. The van der Waals surface area contributed by atoms with E-state index in [1.165, 1.54) is 5.56 Å². The molecule has 1 aliphatic rings. The van der Waals surface area contributed by atoms with Gasteiger partial charge >= 0.3 is 6.03 Å². The van der Waals surface area contributed by atoms with Crippen molar-refractivity contribution in [3.05, 3.63) is 65.2 Å². The van der Waals surface area contributed by atoms with E-state index in [0.717, 1.165) is 23.2 Å². The Morgan fingerprint density at radius 3 is 2.67 bits per heavy atom. The number of carbonyl (C=O) groups excluding carboxylic acids is 1. The minimum atomic E-state index is -0.229. The van der Waals surface area contributed by atoms with Crippen LogP contribution < -0.4 is 20.1 Å². The summed E-state index contributed by atoms with van der Waals surface area (Å²) in [7, 11) is 3.18. The molecule has 0 fully saturated rings. The highest BCUT2D eigenvalue weighted by Gasteiger charge is 2.15. The molecule has 1 aliphatic carbocycles. The molecule has 5 nitrogen and oxygen atoms in total. The quantitative estimate of drug-likeness (QED) is 0.888. The minimum absolute atomic E-state index is 0.229. The summed E-state index contributed by atoms with van der Waals surface area (Å²) in [5, 5.41) is 5.77. The molecule has 0 bridgehead atoms. The molecule has 0 spiro atoms. The number of ether oxygens (including phenoxy) is 2. The van der Waals surface area contributed by atoms with Gasteiger partial charge in [-0.2, -0.15) is 0 Å². The Kier molecular flexibility index (Phi) is 4.70. The Bertz CT molecular complexity index is 784. The summed E-state index contributed by atoms with van der Waals surface area (Å²) < 4.78 is 10.5. The first-order valence-electron chi connectivity index (χ1n) is 7.75. The smallest absolute Gasteiger partial charge is 0.319 e. The highest BCUT2D eigenvalue weighted by atomic mass is 16.5. The van der Waals surface area contributed by atoms with Crippen LogP contribution in [0.4, 0.5) is 4.79 Å². The average molecular weight is 324 g/mol. The van der Waals surface area contributed by atoms with Gasteiger partial charge in [-0.25, -0.2) is 4.79 Å². The largest absolute Gasteiger partial charge is 0.493 e. The van der Waals surface area contributed by atoms with Crippen molar-refractivity contribution in [2.45, 2.75) is 13.0 Å². The molecule has 0 aromatic heterocycles. The Hall–Kier alpha value is -2.95. The summed E-state index contributed by atoms with van der Waals surface area (Å²) in [6.45, 7) is 0.404. The van der Waals surface area contributed by atoms with Gasteiger partial charge < -0.3 is 20.1 Å². The minimum Gasteiger partial charge on any atom is -0.493 e. The second-order valence-electron chi connectivity index (χ2n) is 5.48. The fraction of sp³-hybridized carbons (Fsp3) is 0.211. The maximum atomic E-state index is 12.1. The predicted octanol–water partition coefficient (Wildman–Crippen LogP) is 3.10. The van der Waals surface area contributed by atoms with Crippen LogP contribution in [0.5, 0.6) is 11.5 Å². The molecule has 24 heavy (non-hydrogen) atoms. The van der Waals surface area contributed by atoms with Crippen LogP contribution in [-0.4, -0.2) is 20.3 Å². The van der Waals surface area contributed by atoms with Gasteiger partial charge in [0.2, 0.25) is 0 Å². The third kappa shape index (κ3) is 3.35. The van der Waals surface area contributed by atoms with Gasteiger partial charge in [-0.05, 0) is 29.7 Å². The lowest BCUT2D eigenvalue weighted by Crippen LogP contribution is -2.33. The van der Waals surface area contributed by atoms with Crippen LogP contribution in [0.15, 0.2) is 48.5 Å². The van der Waals surface area contributed by atoms with E-state index in [9.17, 15) is 4.79 Å². The Morgan fingerprint density at radius 2 is 1.88 bits per heavy atom. The number of urea groups is 1. The van der Waals surface area contributed by atoms with Crippen molar-refractivity contribution >= 4 is 11.7 Å². The van der Waals surface area contributed by atoms with Gasteiger partial charge in [0.15, 0.2) is 11.5 Å². The van der Waals surface area contributed by atoms with Crippen molar-refractivity contribution < 1.29 is 14.3 Å². The fourth-order valence-electron chi connectivity index (χ4n) is 2.74. The molecule has 2 aromatic rings. The molecule has 2 aromatic carbocycles. The van der Waals surface area contributed by atoms with Gasteiger partial charge in [0.05, 0.1) is 14.2 Å². The SMILES string of the molecule is COc1ccc(CNC(=O)NC2=CCc3ccccc32)cc1OC. The van der Waals surface area contributed by atoms with Crippen LogP contribution in [0.1, 0.15) is 16.7 Å². The number of carbonyl (C=O) groups is 1. The van der Waals surface area contributed by atoms with E-state index < -0.39 is 0 Å². The maximum Gasteiger partial charge on any atom is 0.319 e. The van der Waals surface area contributed by atoms with E-state index in [0.29, 0.717) is 18.0 Å². The van der Waals surface area contributed by atoms with Crippen molar-refractivity contribution in [2.24, 2.45) is 0 Å². The lowest BCUT2D eigenvalue weighted by molar-refractivity contribution is 0.244. The van der Waals surface area contributed by atoms with Gasteiger partial charge in [0, 0.05) is 17.8 Å². The number of allylic oxidation sites excluding steroid dienone is 1. The van der Waals surface area contributed by atoms with E-state index in [1.54, 1.807) is 14.2 Å². The van der Waals surface area contributed by atoms with Crippen LogP contribution in [0, 0.1) is 0 Å². The van der Waals surface area contributed by atoms with Crippen molar-refractivity contribution in [3.63, 3.8) is 0 Å². The first kappa shape index (κ1) is 15.9. The number of rotatable bonds is 5. The van der Waals surface area contributed by atoms with Crippen molar-refractivity contribution in [1.82, 2.24) is 10.6 Å². The Balaban J connectivity index is 1.59. The van der Waals surface area contributed by atoms with Crippen molar-refractivity contribution in [2.75, 3.05) is 14.2 Å². The maximum absolute atomic E-state index is 12.1. The molecule has 0 aliphatic heterocycles. The zero-order valence-corrected chi connectivity index (χ0v) is 13.8. The van der Waals surface area contributed by atoms with Gasteiger partial charge in [-0.3, -0.25) is 0 Å². The summed E-state index contributed by atoms with van der Waals surface area (Å²) in [6, 6.07) is 13.4. The molecule has 0 radical (unpaired) electrons. The van der Waals surface area contributed by atoms with Crippen molar-refractivity contribution in [1.29, 1.82) is 0 Å². The van der Waals surface area contributed by atoms with E-state index in [1.807, 2.05) is 42.5 Å². The summed E-state index contributed by atoms with van der Waals surface area (Å²) in [5.74, 6) is 1.31. The molecular formula is C19H20N2O3. The predicted molar refractivity (Wildman–Crippen MR) is 93.0 cm³/mol. The molecule has 0 unspecified atom stereocenters. The molecule has 0 atom stereocenters. The number of hydrogen-bond donors (Lipinski definition) is 2. The normalized spacial score (nSPS) is 12.2. The number of fused-ring (bicyclic) bond motifs is 1. The molecule has 5 heteroatoms. The molecule has 3 rings (SSSR count). The van der Waals surface area contributed by atoms with E-state index in [4.69, 9.17) is 9.47 Å². The third-order valence-corrected chi connectivity index (χ3v) is 3.98. The first-order valence-corrected chi connectivity index (χ1v) is 7.75. The highest BCUT2D eigenvalue weighted by molar-refractivity contribution is 5.87. The summed E-state index contributed by atoms with van der Waals surface area (Å²) in [5.41, 5.74) is 4.10. The van der Waals surface area contributed by atoms with Crippen molar-refractivity contribution in [3.8, 4) is 11.5 Å². The standard InChI is InChI=1S/C19H20N2O3/c1-23-17-10-7-13(11-18(17)24-2)12-20-19(22)21-16-9-8-14-5-3-4-6-15(14)16/h3-7,9-11H,8,12H2,1-2H3,(H2,20,21,22). The van der Waals surface area contributed by atoms with Gasteiger partial charge in [-0.15, -0.1) is 0 Å². The molecular weight excluding hydrogens is 304 g/mol. The second-order valence-corrected chi connectivity index (χ2v) is 5.48. The van der Waals surface area contributed by atoms with Gasteiger partial charge in [-0.1, -0.05) is 36.4 Å². The van der Waals surface area contributed by atoms with Gasteiger partial charge in [0.1, 0.15) is 0 Å². The summed E-state index contributed by atoms with van der Waals surface area (Å²) in [6.07, 6.45) is 2.88. The Labute approximate surface area is 141 Å². The number of hydrogen-bond acceptors (Lipinski definition) is 3. The van der Waals surface area contributed by atoms with Crippen LogP contribution in [-0.2, 0) is 13.0 Å². The van der Waals surface area contributed by atoms with Crippen LogP contribution in [0.2, 0.25) is 0 Å². The number of methoxy groups -OCH3 is 2. The number of benzene rings is 2. The van der Waals surface area contributed by atoms with E-state index in [-0.39, 0.29) is 6.03 Å². The summed E-state index contributed by atoms with van der Waals surface area (Å²) >= 11 is 0. The molecule has 0 heterocycles. The van der Waals surface area contributed by atoms with Crippen LogP contribution in [0.25, 0.3) is 5.70 Å². The lowest BCUT2D eigenvalue weighted by atomic mass is 10.1. The highest BCUT2D eigenvalue weighted by Crippen LogP contribution is 2.27. The molecule has 0 saturated carbocycles. The zero-order chi connectivity index (χ0) is 16.9. The number of nitrogens with one attached hydrogen (secondary N) is 2. The summed E-state index contributed by atoms with van der Waals surface area (Å²) in [4.78, 5) is 12.1. The third-order valence-electron chi connectivity index (χ3n) is 3.98. The van der Waals surface area contributed by atoms with Crippen LogP contribution in [0.3, 0.4) is 0 Å². The van der Waals surface area contributed by atoms with E-state index >= 15 is 0 Å². The topological polar surface area (TPSA) is 59.6 Å². The first-order chi connectivity index (χ1) is 11.7. The average Bonchev–Trinajstić information content (AvgIpc) is 3.02. The van der Waals surface area contributed by atoms with Crippen LogP contribution >= 0.6 is 0 Å². The zero-order valence-electron chi connectivity index (χ0n) is 13.8. The Morgan fingerprint density at radius 1 is 1.08 bits per heavy atom. The molecule has 124 valence electrons. The molecule has 2 N–H and O–H groups in total. The second kappa shape index (κ2) is 7.08. The van der Waals surface area contributed by atoms with E-state index in [2.05, 4.69) is 16.7 Å².